The molecular weight excluding hydrogens is 260 g/mol. The van der Waals surface area contributed by atoms with Crippen LogP contribution >= 0.6 is 0 Å². The third-order valence-corrected chi connectivity index (χ3v) is 3.36. The van der Waals surface area contributed by atoms with E-state index in [0.29, 0.717) is 0 Å². The number of benzene rings is 1. The van der Waals surface area contributed by atoms with Crippen LogP contribution in [0.4, 0.5) is 0 Å². The molecule has 2 N–H and O–H groups in total. The minimum Gasteiger partial charge on any atom is -0.282 e. The van der Waals surface area contributed by atoms with E-state index in [-0.39, 0.29) is 0 Å². The minimum atomic E-state index is -4.66. The Hall–Kier alpha value is -1.54. The molecule has 0 aromatic heterocycles. The molecule has 0 fully saturated rings. The Balaban J connectivity index is 0.00000106. The first-order valence-corrected chi connectivity index (χ1v) is 6.35. The topological polar surface area (TPSA) is 156 Å². The molecule has 0 radical (unpaired) electrons. The van der Waals surface area contributed by atoms with Crippen molar-refractivity contribution in [2.75, 3.05) is 0 Å². The largest absolute Gasteiger partial charge is 0.295 e. The number of nitrogens with zero attached hydrogens (tertiary/aromatic N) is 2. The van der Waals surface area contributed by atoms with Crippen molar-refractivity contribution in [1.82, 2.24) is 0 Å². The predicted octanol–water partition coefficient (Wildman–Crippen LogP) is 0.210. The Kier molecular flexibility index (Phi) is 4.51. The molecule has 88 valence electrons. The lowest BCUT2D eigenvalue weighted by atomic mass is 10.4. The second-order valence-corrected chi connectivity index (χ2v) is 5.18. The highest BCUT2D eigenvalue weighted by molar-refractivity contribution is 7.89. The Morgan fingerprint density at radius 1 is 0.812 bits per heavy atom. The van der Waals surface area contributed by atoms with Crippen LogP contribution in [0.2, 0.25) is 0 Å². The van der Waals surface area contributed by atoms with E-state index in [9.17, 15) is 16.8 Å². The van der Waals surface area contributed by atoms with E-state index >= 15 is 0 Å². The van der Waals surface area contributed by atoms with Gasteiger partial charge in [-0.1, -0.05) is 12.1 Å². The van der Waals surface area contributed by atoms with Gasteiger partial charge in [0.25, 0.3) is 20.2 Å². The lowest BCUT2D eigenvalue weighted by molar-refractivity contribution is 0.466. The minimum absolute atomic E-state index is 0.845. The van der Waals surface area contributed by atoms with E-state index < -0.39 is 30.0 Å². The summed E-state index contributed by atoms with van der Waals surface area (Å²) in [5.41, 5.74) is 0. The molecule has 0 saturated carbocycles. The monoisotopic (exact) mass is 266 g/mol. The lowest BCUT2D eigenvalue weighted by Gasteiger charge is -2.02. The van der Waals surface area contributed by atoms with Gasteiger partial charge in [-0.25, -0.2) is 0 Å². The highest BCUT2D eigenvalue weighted by atomic mass is 32.2. The van der Waals surface area contributed by atoms with Gasteiger partial charge in [0.05, 0.1) is 0 Å². The zero-order valence-electron chi connectivity index (χ0n) is 7.55. The highest BCUT2D eigenvalue weighted by Crippen LogP contribution is 2.19. The molecule has 1 aromatic rings. The van der Waals surface area contributed by atoms with E-state index in [4.69, 9.17) is 19.9 Å². The van der Waals surface area contributed by atoms with Crippen LogP contribution < -0.4 is 0 Å². The van der Waals surface area contributed by atoms with Crippen molar-refractivity contribution in [3.05, 3.63) is 24.3 Å². The van der Waals surface area contributed by atoms with Gasteiger partial charge in [0.15, 0.2) is 0 Å². The summed E-state index contributed by atoms with van der Waals surface area (Å²) in [5.74, 6) is 0. The van der Waals surface area contributed by atoms with Gasteiger partial charge in [-0.3, -0.25) is 9.11 Å². The molecule has 10 heteroatoms. The van der Waals surface area contributed by atoms with Crippen molar-refractivity contribution < 1.29 is 25.9 Å². The molecule has 0 amide bonds. The first kappa shape index (κ1) is 14.5. The van der Waals surface area contributed by atoms with Crippen molar-refractivity contribution in [2.24, 2.45) is 0 Å². The Bertz CT molecular complexity index is 537. The molecule has 8 nitrogen and oxygen atoms in total. The highest BCUT2D eigenvalue weighted by Gasteiger charge is 2.22. The van der Waals surface area contributed by atoms with Crippen LogP contribution in [0.25, 0.3) is 0 Å². The van der Waals surface area contributed by atoms with Gasteiger partial charge in [-0.05, 0) is 12.1 Å². The summed E-state index contributed by atoms with van der Waals surface area (Å²) in [7, 11) is -9.31. The van der Waals surface area contributed by atoms with Crippen LogP contribution in [-0.4, -0.2) is 25.9 Å². The molecule has 16 heavy (non-hydrogen) atoms. The Labute approximate surface area is 91.4 Å². The van der Waals surface area contributed by atoms with Crippen LogP contribution in [-0.2, 0) is 20.2 Å². The molecule has 0 atom stereocenters. The fourth-order valence-electron chi connectivity index (χ4n) is 0.876. The summed E-state index contributed by atoms with van der Waals surface area (Å²) in [6.45, 7) is 0. The standard InChI is InChI=1S/C6H6O6S2.N2/c7-13(8,9)5-3-1-2-4-6(5)14(10,11)12;1-2/h1-4H,(H,7,8,9)(H,10,11,12);. The summed E-state index contributed by atoms with van der Waals surface area (Å²) in [6.07, 6.45) is 0. The van der Waals surface area contributed by atoms with Crippen LogP contribution in [0.3, 0.4) is 0 Å². The second-order valence-electron chi connectivity index (χ2n) is 2.40. The maximum Gasteiger partial charge on any atom is 0.295 e. The van der Waals surface area contributed by atoms with Gasteiger partial charge in [0.2, 0.25) is 0 Å². The van der Waals surface area contributed by atoms with E-state index in [0.717, 1.165) is 12.1 Å². The van der Waals surface area contributed by atoms with Gasteiger partial charge in [0, 0.05) is 10.8 Å². The van der Waals surface area contributed by atoms with Crippen molar-refractivity contribution >= 4 is 20.2 Å². The van der Waals surface area contributed by atoms with Crippen LogP contribution in [0.15, 0.2) is 34.1 Å². The average Bonchev–Trinajstić information content (AvgIpc) is 2.18. The SMILES string of the molecule is N#N.O=S(=O)(O)c1ccccc1S(=O)(=O)O. The van der Waals surface area contributed by atoms with Gasteiger partial charge < -0.3 is 0 Å². The fourth-order valence-corrected chi connectivity index (χ4v) is 2.65. The maximum absolute atomic E-state index is 10.7. The van der Waals surface area contributed by atoms with Gasteiger partial charge in [-0.2, -0.15) is 16.8 Å². The van der Waals surface area contributed by atoms with E-state index in [1.807, 2.05) is 0 Å². The summed E-state index contributed by atoms with van der Waals surface area (Å²) in [5, 5.41) is 12.0. The third-order valence-electron chi connectivity index (χ3n) is 1.40. The number of hydrogen-bond acceptors (Lipinski definition) is 6. The van der Waals surface area contributed by atoms with E-state index in [1.165, 1.54) is 12.1 Å². The van der Waals surface area contributed by atoms with Gasteiger partial charge >= 0.3 is 0 Å². The zero-order chi connectivity index (χ0) is 13.0. The molecule has 0 bridgehead atoms. The van der Waals surface area contributed by atoms with Gasteiger partial charge in [-0.15, -0.1) is 0 Å². The maximum atomic E-state index is 10.7. The van der Waals surface area contributed by atoms with Crippen molar-refractivity contribution in [1.29, 1.82) is 10.8 Å². The van der Waals surface area contributed by atoms with Crippen molar-refractivity contribution in [2.45, 2.75) is 9.79 Å². The van der Waals surface area contributed by atoms with E-state index in [1.54, 1.807) is 0 Å². The summed E-state index contributed by atoms with van der Waals surface area (Å²) in [4.78, 5) is -1.69. The molecule has 0 saturated heterocycles. The van der Waals surface area contributed by atoms with E-state index in [2.05, 4.69) is 0 Å². The fraction of sp³-hybridized carbons (Fsp3) is 0. The molecule has 0 spiro atoms. The molecular formula is C6H6N2O6S2. The Morgan fingerprint density at radius 2 is 1.06 bits per heavy atom. The van der Waals surface area contributed by atoms with Gasteiger partial charge in [0.1, 0.15) is 9.79 Å². The molecule has 0 unspecified atom stereocenters. The lowest BCUT2D eigenvalue weighted by Crippen LogP contribution is -2.07. The third kappa shape index (κ3) is 3.55. The number of hydrogen-bond donors (Lipinski definition) is 2. The van der Waals surface area contributed by atoms with Crippen LogP contribution in [0, 0.1) is 10.8 Å². The molecule has 0 aliphatic rings. The quantitative estimate of drug-likeness (QED) is 0.568. The summed E-state index contributed by atoms with van der Waals surface area (Å²) in [6, 6.07) is 4.19. The Morgan fingerprint density at radius 3 is 1.25 bits per heavy atom. The first-order valence-electron chi connectivity index (χ1n) is 3.47. The average molecular weight is 266 g/mol. The smallest absolute Gasteiger partial charge is 0.282 e. The molecule has 1 aromatic carbocycles. The second kappa shape index (κ2) is 4.99. The number of rotatable bonds is 2. The van der Waals surface area contributed by atoms with Crippen molar-refractivity contribution in [3.8, 4) is 0 Å². The molecule has 0 heterocycles. The first-order chi connectivity index (χ1) is 7.23. The molecule has 1 rings (SSSR count). The van der Waals surface area contributed by atoms with Crippen LogP contribution in [0.5, 0.6) is 0 Å². The van der Waals surface area contributed by atoms with Crippen LogP contribution in [0.1, 0.15) is 0 Å². The zero-order valence-corrected chi connectivity index (χ0v) is 9.18. The van der Waals surface area contributed by atoms with Crippen molar-refractivity contribution in [3.63, 3.8) is 0 Å². The normalized spacial score (nSPS) is 11.2. The predicted molar refractivity (Wildman–Crippen MR) is 49.5 cm³/mol. The summed E-state index contributed by atoms with van der Waals surface area (Å²) < 4.78 is 60.0. The summed E-state index contributed by atoms with van der Waals surface area (Å²) >= 11 is 0. The molecule has 0 aliphatic heterocycles. The molecule has 0 aliphatic carbocycles.